The maximum atomic E-state index is 12.1. The van der Waals surface area contributed by atoms with Crippen LogP contribution in [0.3, 0.4) is 0 Å². The first kappa shape index (κ1) is 17.7. The number of aliphatic imine (C=N–C) groups is 1. The largest absolute Gasteiger partial charge is 0.502 e. The summed E-state index contributed by atoms with van der Waals surface area (Å²) in [6.07, 6.45) is 1.52. The van der Waals surface area contributed by atoms with Gasteiger partial charge in [0, 0.05) is 6.07 Å². The monoisotopic (exact) mass is 369 g/mol. The van der Waals surface area contributed by atoms with Crippen LogP contribution in [-0.4, -0.2) is 21.1 Å². The van der Waals surface area contributed by atoms with Crippen molar-refractivity contribution in [3.8, 4) is 5.75 Å². The molecular weight excluding hydrogens is 354 g/mol. The van der Waals surface area contributed by atoms with E-state index >= 15 is 0 Å². The van der Waals surface area contributed by atoms with Crippen molar-refractivity contribution in [2.24, 2.45) is 4.99 Å². The van der Waals surface area contributed by atoms with Gasteiger partial charge in [-0.05, 0) is 54.9 Å². The van der Waals surface area contributed by atoms with Crippen LogP contribution in [0.15, 0.2) is 46.3 Å². The summed E-state index contributed by atoms with van der Waals surface area (Å²) >= 11 is 1.16. The minimum Gasteiger partial charge on any atom is -0.502 e. The van der Waals surface area contributed by atoms with Crippen molar-refractivity contribution in [3.05, 3.63) is 68.1 Å². The van der Waals surface area contributed by atoms with Crippen LogP contribution in [0.5, 0.6) is 5.75 Å². The molecule has 0 aromatic heterocycles. The second-order valence-electron chi connectivity index (χ2n) is 5.78. The number of nitrogens with zero attached hydrogens (tertiary/aromatic N) is 2. The molecule has 26 heavy (non-hydrogen) atoms. The quantitative estimate of drug-likeness (QED) is 0.486. The number of nitrogens with one attached hydrogen (secondary N) is 1. The van der Waals surface area contributed by atoms with E-state index in [4.69, 9.17) is 0 Å². The molecule has 2 N–H and O–H groups in total. The summed E-state index contributed by atoms with van der Waals surface area (Å²) in [5, 5.41) is 23.5. The fourth-order valence-corrected chi connectivity index (χ4v) is 3.28. The molecular formula is C18H15N3O4S. The highest BCUT2D eigenvalue weighted by Crippen LogP contribution is 2.32. The van der Waals surface area contributed by atoms with Crippen molar-refractivity contribution in [3.63, 3.8) is 0 Å². The topological polar surface area (TPSA) is 105 Å². The van der Waals surface area contributed by atoms with E-state index in [0.717, 1.165) is 28.6 Å². The molecule has 2 aromatic rings. The summed E-state index contributed by atoms with van der Waals surface area (Å²) in [5.41, 5.74) is 2.93. The van der Waals surface area contributed by atoms with Gasteiger partial charge in [0.05, 0.1) is 15.5 Å². The predicted octanol–water partition coefficient (Wildman–Crippen LogP) is 3.81. The van der Waals surface area contributed by atoms with Crippen molar-refractivity contribution in [2.75, 3.05) is 0 Å². The van der Waals surface area contributed by atoms with E-state index in [0.29, 0.717) is 15.6 Å². The van der Waals surface area contributed by atoms with Crippen molar-refractivity contribution >= 4 is 40.3 Å². The lowest BCUT2D eigenvalue weighted by Gasteiger charge is -2.02. The number of nitro benzene ring substituents is 1. The van der Waals surface area contributed by atoms with Gasteiger partial charge in [0.1, 0.15) is 0 Å². The number of aromatic hydroxyl groups is 1. The Hall–Kier alpha value is -3.13. The fraction of sp³-hybridized carbons (Fsp3) is 0.111. The average Bonchev–Trinajstić information content (AvgIpc) is 2.91. The zero-order valence-electron chi connectivity index (χ0n) is 14.0. The van der Waals surface area contributed by atoms with Gasteiger partial charge in [-0.3, -0.25) is 14.9 Å². The molecule has 1 amide bonds. The summed E-state index contributed by atoms with van der Waals surface area (Å²) in [4.78, 5) is 27.2. The third-order valence-corrected chi connectivity index (χ3v) is 4.63. The lowest BCUT2D eigenvalue weighted by molar-refractivity contribution is -0.385. The molecule has 7 nitrogen and oxygen atoms in total. The maximum Gasteiger partial charge on any atom is 0.311 e. The fourth-order valence-electron chi connectivity index (χ4n) is 2.45. The van der Waals surface area contributed by atoms with Crippen molar-refractivity contribution in [1.29, 1.82) is 0 Å². The molecule has 0 radical (unpaired) electrons. The number of hydrogen-bond donors (Lipinski definition) is 2. The van der Waals surface area contributed by atoms with Crippen LogP contribution < -0.4 is 5.32 Å². The molecule has 132 valence electrons. The number of rotatable bonds is 3. The Kier molecular flexibility index (Phi) is 4.77. The third kappa shape index (κ3) is 3.75. The van der Waals surface area contributed by atoms with Gasteiger partial charge in [0.15, 0.2) is 10.9 Å². The Labute approximate surface area is 153 Å². The molecule has 8 heteroatoms. The Morgan fingerprint density at radius 3 is 2.69 bits per heavy atom. The van der Waals surface area contributed by atoms with Gasteiger partial charge < -0.3 is 10.4 Å². The van der Waals surface area contributed by atoms with Crippen LogP contribution in [0.25, 0.3) is 6.08 Å². The van der Waals surface area contributed by atoms with Crippen molar-refractivity contribution < 1.29 is 14.8 Å². The first-order valence-corrected chi connectivity index (χ1v) is 8.49. The number of aryl methyl sites for hydroxylation is 2. The number of phenols is 1. The molecule has 0 spiro atoms. The van der Waals surface area contributed by atoms with Gasteiger partial charge in [0.25, 0.3) is 5.91 Å². The summed E-state index contributed by atoms with van der Waals surface area (Å²) in [7, 11) is 0. The third-order valence-electron chi connectivity index (χ3n) is 3.72. The standard InChI is InChI=1S/C18H15N3O4S/c1-10-3-5-13(11(2)7-10)19-18-20-17(23)16(26-18)9-12-4-6-15(22)14(8-12)21(24)25/h3-9,22H,1-2H3,(H,19,20,23)/b16-9-. The predicted molar refractivity (Wildman–Crippen MR) is 101 cm³/mol. The number of thioether (sulfide) groups is 1. The highest BCUT2D eigenvalue weighted by molar-refractivity contribution is 8.18. The molecule has 1 aliphatic rings. The van der Waals surface area contributed by atoms with E-state index in [-0.39, 0.29) is 5.91 Å². The molecule has 0 unspecified atom stereocenters. The van der Waals surface area contributed by atoms with E-state index in [9.17, 15) is 20.0 Å². The van der Waals surface area contributed by atoms with Crippen LogP contribution >= 0.6 is 11.8 Å². The number of nitro groups is 1. The summed E-state index contributed by atoms with van der Waals surface area (Å²) in [6.45, 7) is 3.94. The molecule has 1 saturated heterocycles. The molecule has 2 aromatic carbocycles. The Morgan fingerprint density at radius 1 is 1.23 bits per heavy atom. The second-order valence-corrected chi connectivity index (χ2v) is 6.81. The van der Waals surface area contributed by atoms with Gasteiger partial charge in [-0.2, -0.15) is 0 Å². The van der Waals surface area contributed by atoms with Crippen LogP contribution in [-0.2, 0) is 4.79 Å². The SMILES string of the molecule is Cc1ccc(N=C2NC(=O)/C(=C/c3ccc(O)c([N+](=O)[O-])c3)S2)c(C)c1. The Morgan fingerprint density at radius 2 is 2.00 bits per heavy atom. The molecule has 3 rings (SSSR count). The average molecular weight is 369 g/mol. The Bertz CT molecular complexity index is 982. The number of amides is 1. The lowest BCUT2D eigenvalue weighted by Crippen LogP contribution is -2.19. The first-order valence-electron chi connectivity index (χ1n) is 7.68. The molecule has 0 bridgehead atoms. The molecule has 1 aliphatic heterocycles. The Balaban J connectivity index is 1.88. The molecule has 1 fully saturated rings. The molecule has 0 atom stereocenters. The number of hydrogen-bond acceptors (Lipinski definition) is 6. The van der Waals surface area contributed by atoms with Gasteiger partial charge in [0.2, 0.25) is 0 Å². The molecule has 0 saturated carbocycles. The normalized spacial score (nSPS) is 16.9. The second kappa shape index (κ2) is 7.01. The maximum absolute atomic E-state index is 12.1. The van der Waals surface area contributed by atoms with Gasteiger partial charge in [-0.1, -0.05) is 23.8 Å². The summed E-state index contributed by atoms with van der Waals surface area (Å²) in [5.74, 6) is -0.744. The van der Waals surface area contributed by atoms with Gasteiger partial charge >= 0.3 is 5.69 Å². The molecule has 0 aliphatic carbocycles. The summed E-state index contributed by atoms with van der Waals surface area (Å²) < 4.78 is 0. The van der Waals surface area contributed by atoms with Crippen molar-refractivity contribution in [2.45, 2.75) is 13.8 Å². The zero-order chi connectivity index (χ0) is 18.8. The van der Waals surface area contributed by atoms with Gasteiger partial charge in [-0.15, -0.1) is 0 Å². The van der Waals surface area contributed by atoms with Gasteiger partial charge in [-0.25, -0.2) is 4.99 Å². The summed E-state index contributed by atoms with van der Waals surface area (Å²) in [6, 6.07) is 9.79. The van der Waals surface area contributed by atoms with E-state index in [1.165, 1.54) is 24.3 Å². The zero-order valence-corrected chi connectivity index (χ0v) is 14.8. The minimum absolute atomic E-state index is 0.325. The first-order chi connectivity index (χ1) is 12.3. The van der Waals surface area contributed by atoms with E-state index < -0.39 is 16.4 Å². The number of amidine groups is 1. The number of phenolic OH excluding ortho intramolecular Hbond substituents is 1. The van der Waals surface area contributed by atoms with Crippen LogP contribution in [0.2, 0.25) is 0 Å². The van der Waals surface area contributed by atoms with E-state index in [1.807, 2.05) is 32.0 Å². The van der Waals surface area contributed by atoms with E-state index in [2.05, 4.69) is 10.3 Å². The minimum atomic E-state index is -0.674. The number of carbonyl (C=O) groups excluding carboxylic acids is 1. The van der Waals surface area contributed by atoms with E-state index in [1.54, 1.807) is 0 Å². The lowest BCUT2D eigenvalue weighted by atomic mass is 10.1. The van der Waals surface area contributed by atoms with Crippen LogP contribution in [0, 0.1) is 24.0 Å². The smallest absolute Gasteiger partial charge is 0.311 e. The van der Waals surface area contributed by atoms with Crippen LogP contribution in [0.4, 0.5) is 11.4 Å². The number of carbonyl (C=O) groups is 1. The van der Waals surface area contributed by atoms with Crippen molar-refractivity contribution in [1.82, 2.24) is 5.32 Å². The number of benzene rings is 2. The van der Waals surface area contributed by atoms with Crippen LogP contribution in [0.1, 0.15) is 16.7 Å². The highest BCUT2D eigenvalue weighted by Gasteiger charge is 2.24. The highest BCUT2D eigenvalue weighted by atomic mass is 32.2. The molecule has 1 heterocycles.